The van der Waals surface area contributed by atoms with Crippen molar-refractivity contribution in [3.8, 4) is 17.2 Å². The standard InChI is InChI=1S/C23H17F2NO6/c24-23(25)32-17-12-10-15(11-13-17)21(28)26-20(27)14-30-22(29)18-8-4-5-9-19(18)31-16-6-2-1-3-7-16/h1-13,23H,14H2,(H,26,27,28). The number of carbonyl (C=O) groups is 3. The number of nitrogens with one attached hydrogen (secondary N) is 1. The minimum Gasteiger partial charge on any atom is -0.456 e. The Labute approximate surface area is 181 Å². The maximum absolute atomic E-state index is 12.4. The molecule has 0 aliphatic rings. The molecule has 0 radical (unpaired) electrons. The Morgan fingerprint density at radius 2 is 1.47 bits per heavy atom. The van der Waals surface area contributed by atoms with E-state index in [1.54, 1.807) is 42.5 Å². The van der Waals surface area contributed by atoms with Crippen LogP contribution in [-0.2, 0) is 9.53 Å². The quantitative estimate of drug-likeness (QED) is 0.527. The lowest BCUT2D eigenvalue weighted by Gasteiger charge is -2.11. The Bertz CT molecular complexity index is 1090. The number of esters is 1. The van der Waals surface area contributed by atoms with Crippen molar-refractivity contribution >= 4 is 17.8 Å². The second kappa shape index (κ2) is 10.7. The minimum atomic E-state index is -2.99. The van der Waals surface area contributed by atoms with Crippen LogP contribution in [0.1, 0.15) is 20.7 Å². The van der Waals surface area contributed by atoms with Crippen molar-refractivity contribution in [1.82, 2.24) is 5.32 Å². The molecule has 0 spiro atoms. The number of alkyl halides is 2. The molecular weight excluding hydrogens is 424 g/mol. The van der Waals surface area contributed by atoms with E-state index < -0.39 is 31.0 Å². The molecule has 3 aromatic rings. The summed E-state index contributed by atoms with van der Waals surface area (Å²) < 4.78 is 39.2. The van der Waals surface area contributed by atoms with E-state index in [0.29, 0.717) is 5.75 Å². The molecule has 7 nitrogen and oxygen atoms in total. The second-order valence-electron chi connectivity index (χ2n) is 6.27. The summed E-state index contributed by atoms with van der Waals surface area (Å²) >= 11 is 0. The van der Waals surface area contributed by atoms with Crippen LogP contribution in [0.2, 0.25) is 0 Å². The summed E-state index contributed by atoms with van der Waals surface area (Å²) in [6.07, 6.45) is 0. The van der Waals surface area contributed by atoms with Crippen molar-refractivity contribution < 1.29 is 37.4 Å². The van der Waals surface area contributed by atoms with Crippen molar-refractivity contribution in [1.29, 1.82) is 0 Å². The number of halogens is 2. The van der Waals surface area contributed by atoms with Crippen LogP contribution in [0.25, 0.3) is 0 Å². The van der Waals surface area contributed by atoms with E-state index in [2.05, 4.69) is 4.74 Å². The molecule has 32 heavy (non-hydrogen) atoms. The largest absolute Gasteiger partial charge is 0.456 e. The number of hydrogen-bond acceptors (Lipinski definition) is 6. The summed E-state index contributed by atoms with van der Waals surface area (Å²) in [4.78, 5) is 36.5. The number of benzene rings is 3. The van der Waals surface area contributed by atoms with Gasteiger partial charge in [0.1, 0.15) is 22.8 Å². The van der Waals surface area contributed by atoms with Gasteiger partial charge < -0.3 is 14.2 Å². The van der Waals surface area contributed by atoms with E-state index in [9.17, 15) is 23.2 Å². The monoisotopic (exact) mass is 441 g/mol. The van der Waals surface area contributed by atoms with Gasteiger partial charge in [0.05, 0.1) is 0 Å². The molecule has 1 N–H and O–H groups in total. The molecule has 0 heterocycles. The topological polar surface area (TPSA) is 90.9 Å². The molecule has 0 atom stereocenters. The third-order valence-corrected chi connectivity index (χ3v) is 4.01. The average Bonchev–Trinajstić information content (AvgIpc) is 2.78. The summed E-state index contributed by atoms with van der Waals surface area (Å²) in [5, 5.41) is 2.04. The second-order valence-corrected chi connectivity index (χ2v) is 6.27. The molecule has 0 aliphatic heterocycles. The van der Waals surface area contributed by atoms with Crippen LogP contribution in [0, 0.1) is 0 Å². The Hall–Kier alpha value is -4.27. The van der Waals surface area contributed by atoms with Gasteiger partial charge in [0.15, 0.2) is 6.61 Å². The van der Waals surface area contributed by atoms with E-state index in [1.807, 2.05) is 11.4 Å². The van der Waals surface area contributed by atoms with E-state index >= 15 is 0 Å². The summed E-state index contributed by atoms with van der Waals surface area (Å²) in [7, 11) is 0. The zero-order valence-electron chi connectivity index (χ0n) is 16.5. The van der Waals surface area contributed by atoms with Gasteiger partial charge in [-0.05, 0) is 48.5 Å². The van der Waals surface area contributed by atoms with Gasteiger partial charge in [-0.3, -0.25) is 14.9 Å². The Kier molecular flexibility index (Phi) is 7.47. The highest BCUT2D eigenvalue weighted by Gasteiger charge is 2.17. The summed E-state index contributed by atoms with van der Waals surface area (Å²) in [5.41, 5.74) is 0.137. The Balaban J connectivity index is 1.55. The van der Waals surface area contributed by atoms with Crippen molar-refractivity contribution in [2.75, 3.05) is 6.61 Å². The highest BCUT2D eigenvalue weighted by Crippen LogP contribution is 2.25. The average molecular weight is 441 g/mol. The molecule has 0 saturated carbocycles. The van der Waals surface area contributed by atoms with Crippen LogP contribution in [0.3, 0.4) is 0 Å². The number of ether oxygens (including phenoxy) is 3. The molecule has 3 aromatic carbocycles. The molecule has 0 fully saturated rings. The van der Waals surface area contributed by atoms with Gasteiger partial charge in [0.2, 0.25) is 0 Å². The molecular formula is C23H17F2NO6. The molecule has 0 unspecified atom stereocenters. The van der Waals surface area contributed by atoms with Crippen molar-refractivity contribution in [3.05, 3.63) is 90.0 Å². The first kappa shape index (κ1) is 22.4. The number of amides is 2. The lowest BCUT2D eigenvalue weighted by molar-refractivity contribution is -0.123. The Morgan fingerprint density at radius 3 is 2.16 bits per heavy atom. The van der Waals surface area contributed by atoms with Crippen molar-refractivity contribution in [3.63, 3.8) is 0 Å². The lowest BCUT2D eigenvalue weighted by atomic mass is 10.2. The maximum atomic E-state index is 12.4. The SMILES string of the molecule is O=C(COC(=O)c1ccccc1Oc1ccccc1)NC(=O)c1ccc(OC(F)F)cc1. The minimum absolute atomic E-state index is 0.0351. The van der Waals surface area contributed by atoms with Crippen LogP contribution < -0.4 is 14.8 Å². The van der Waals surface area contributed by atoms with E-state index in [4.69, 9.17) is 9.47 Å². The van der Waals surface area contributed by atoms with Gasteiger partial charge >= 0.3 is 12.6 Å². The van der Waals surface area contributed by atoms with Gasteiger partial charge in [0, 0.05) is 5.56 Å². The summed E-state index contributed by atoms with van der Waals surface area (Å²) in [5.74, 6) is -1.84. The van der Waals surface area contributed by atoms with Gasteiger partial charge in [-0.1, -0.05) is 30.3 Å². The van der Waals surface area contributed by atoms with Crippen molar-refractivity contribution in [2.24, 2.45) is 0 Å². The van der Waals surface area contributed by atoms with E-state index in [-0.39, 0.29) is 22.6 Å². The van der Waals surface area contributed by atoms with Crippen molar-refractivity contribution in [2.45, 2.75) is 6.61 Å². The van der Waals surface area contributed by atoms with Gasteiger partial charge in [-0.2, -0.15) is 8.78 Å². The third kappa shape index (κ3) is 6.36. The number of carbonyl (C=O) groups excluding carboxylic acids is 3. The molecule has 0 bridgehead atoms. The lowest BCUT2D eigenvalue weighted by Crippen LogP contribution is -2.34. The molecule has 0 aliphatic carbocycles. The predicted octanol–water partition coefficient (Wildman–Crippen LogP) is 4.19. The van der Waals surface area contributed by atoms with Crippen LogP contribution >= 0.6 is 0 Å². The van der Waals surface area contributed by atoms with Crippen LogP contribution in [0.5, 0.6) is 17.2 Å². The van der Waals surface area contributed by atoms with Gasteiger partial charge in [-0.25, -0.2) is 4.79 Å². The fourth-order valence-electron chi connectivity index (χ4n) is 2.57. The summed E-state index contributed by atoms with van der Waals surface area (Å²) in [6.45, 7) is -3.70. The van der Waals surface area contributed by atoms with Crippen LogP contribution in [0.4, 0.5) is 8.78 Å². The normalized spacial score (nSPS) is 10.3. The van der Waals surface area contributed by atoms with Gasteiger partial charge in [0.25, 0.3) is 11.8 Å². The number of imide groups is 1. The Morgan fingerprint density at radius 1 is 0.812 bits per heavy atom. The molecule has 0 aromatic heterocycles. The van der Waals surface area contributed by atoms with Crippen LogP contribution in [0.15, 0.2) is 78.9 Å². The first-order chi connectivity index (χ1) is 15.4. The molecule has 9 heteroatoms. The predicted molar refractivity (Wildman–Crippen MR) is 109 cm³/mol. The molecule has 164 valence electrons. The summed E-state index contributed by atoms with van der Waals surface area (Å²) in [6, 6.07) is 19.9. The molecule has 3 rings (SSSR count). The number of hydrogen-bond donors (Lipinski definition) is 1. The number of rotatable bonds is 8. The van der Waals surface area contributed by atoms with Crippen LogP contribution in [-0.4, -0.2) is 31.0 Å². The first-order valence-electron chi connectivity index (χ1n) is 9.30. The zero-order valence-corrected chi connectivity index (χ0v) is 16.5. The smallest absolute Gasteiger partial charge is 0.387 e. The highest BCUT2D eigenvalue weighted by molar-refractivity contribution is 6.05. The third-order valence-electron chi connectivity index (χ3n) is 4.01. The fraction of sp³-hybridized carbons (Fsp3) is 0.0870. The fourth-order valence-corrected chi connectivity index (χ4v) is 2.57. The molecule has 0 saturated heterocycles. The molecule has 2 amide bonds. The van der Waals surface area contributed by atoms with E-state index in [0.717, 1.165) is 12.1 Å². The maximum Gasteiger partial charge on any atom is 0.387 e. The van der Waals surface area contributed by atoms with E-state index in [1.165, 1.54) is 18.2 Å². The van der Waals surface area contributed by atoms with Gasteiger partial charge in [-0.15, -0.1) is 0 Å². The zero-order chi connectivity index (χ0) is 22.9. The first-order valence-corrected chi connectivity index (χ1v) is 9.30. The number of para-hydroxylation sites is 2. The highest BCUT2D eigenvalue weighted by atomic mass is 19.3.